The van der Waals surface area contributed by atoms with Crippen molar-refractivity contribution in [3.63, 3.8) is 0 Å². The first-order chi connectivity index (χ1) is 6.20. The highest BCUT2D eigenvalue weighted by atomic mass is 16.4. The van der Waals surface area contributed by atoms with E-state index in [1.54, 1.807) is 18.2 Å². The van der Waals surface area contributed by atoms with Crippen molar-refractivity contribution in [3.8, 4) is 0 Å². The molecule has 0 radical (unpaired) electrons. The van der Waals surface area contributed by atoms with Crippen molar-refractivity contribution in [2.45, 2.75) is 0 Å². The summed E-state index contributed by atoms with van der Waals surface area (Å²) in [5.74, 6) is 0. The van der Waals surface area contributed by atoms with Crippen LogP contribution in [0.2, 0.25) is 0 Å². The molecule has 13 heavy (non-hydrogen) atoms. The molecule has 0 spiro atoms. The van der Waals surface area contributed by atoms with Crippen LogP contribution in [0.4, 0.5) is 10.5 Å². The Balaban J connectivity index is 2.83. The number of benzene rings is 1. The fourth-order valence-corrected chi connectivity index (χ4v) is 1.23. The Kier molecular flexibility index (Phi) is 1.45. The number of carbonyl (C=O) groups is 1. The van der Waals surface area contributed by atoms with Gasteiger partial charge in [-0.1, -0.05) is 6.07 Å². The first-order valence-corrected chi connectivity index (χ1v) is 3.65. The van der Waals surface area contributed by atoms with E-state index in [-0.39, 0.29) is 0 Å². The third kappa shape index (κ3) is 1.01. The molecule has 0 aliphatic carbocycles. The second kappa shape index (κ2) is 2.48. The number of aromatic nitrogens is 2. The standard InChI is InChI=1S/C8H7N3O2/c9-6-2-1-3-7-5(6)4-10-11(7)8(12)13/h1-4H,9H2,(H,12,13). The minimum absolute atomic E-state index is 0.507. The van der Waals surface area contributed by atoms with Gasteiger partial charge in [-0.3, -0.25) is 0 Å². The quantitative estimate of drug-likeness (QED) is 0.591. The summed E-state index contributed by atoms with van der Waals surface area (Å²) < 4.78 is 0.895. The fraction of sp³-hybridized carbons (Fsp3) is 0. The highest BCUT2D eigenvalue weighted by Crippen LogP contribution is 2.19. The number of nitrogen functional groups attached to an aromatic ring is 1. The van der Waals surface area contributed by atoms with Gasteiger partial charge in [0.1, 0.15) is 0 Å². The second-order valence-corrected chi connectivity index (χ2v) is 2.62. The van der Waals surface area contributed by atoms with Crippen molar-refractivity contribution in [1.82, 2.24) is 9.78 Å². The third-order valence-electron chi connectivity index (χ3n) is 1.83. The molecule has 2 aromatic rings. The van der Waals surface area contributed by atoms with Crippen molar-refractivity contribution in [2.75, 3.05) is 5.73 Å². The molecule has 2 rings (SSSR count). The number of hydrogen-bond acceptors (Lipinski definition) is 3. The summed E-state index contributed by atoms with van der Waals surface area (Å²) in [6, 6.07) is 5.06. The normalized spacial score (nSPS) is 10.5. The smallest absolute Gasteiger partial charge is 0.432 e. The molecule has 1 aromatic carbocycles. The molecule has 1 heterocycles. The van der Waals surface area contributed by atoms with E-state index < -0.39 is 6.09 Å². The zero-order chi connectivity index (χ0) is 9.42. The average molecular weight is 177 g/mol. The van der Waals surface area contributed by atoms with E-state index in [9.17, 15) is 4.79 Å². The monoisotopic (exact) mass is 177 g/mol. The van der Waals surface area contributed by atoms with Gasteiger partial charge >= 0.3 is 6.09 Å². The third-order valence-corrected chi connectivity index (χ3v) is 1.83. The van der Waals surface area contributed by atoms with Crippen LogP contribution in [0, 0.1) is 0 Å². The van der Waals surface area contributed by atoms with Gasteiger partial charge in [-0.25, -0.2) is 4.79 Å². The van der Waals surface area contributed by atoms with Crippen molar-refractivity contribution in [1.29, 1.82) is 0 Å². The van der Waals surface area contributed by atoms with Gasteiger partial charge in [0, 0.05) is 11.1 Å². The molecule has 0 bridgehead atoms. The second-order valence-electron chi connectivity index (χ2n) is 2.62. The summed E-state index contributed by atoms with van der Waals surface area (Å²) in [5, 5.41) is 13.1. The van der Waals surface area contributed by atoms with Gasteiger partial charge in [0.25, 0.3) is 0 Å². The van der Waals surface area contributed by atoms with Crippen LogP contribution >= 0.6 is 0 Å². The van der Waals surface area contributed by atoms with Gasteiger partial charge in [-0.05, 0) is 12.1 Å². The van der Waals surface area contributed by atoms with E-state index in [0.29, 0.717) is 16.6 Å². The molecular weight excluding hydrogens is 170 g/mol. The summed E-state index contributed by atoms with van der Waals surface area (Å²) in [7, 11) is 0. The lowest BCUT2D eigenvalue weighted by Crippen LogP contribution is -2.08. The fourth-order valence-electron chi connectivity index (χ4n) is 1.23. The zero-order valence-electron chi connectivity index (χ0n) is 6.64. The largest absolute Gasteiger partial charge is 0.463 e. The Labute approximate surface area is 73.4 Å². The van der Waals surface area contributed by atoms with Crippen LogP contribution in [0.5, 0.6) is 0 Å². The van der Waals surface area contributed by atoms with Crippen LogP contribution in [0.25, 0.3) is 10.9 Å². The number of hydrogen-bond donors (Lipinski definition) is 2. The molecule has 0 aliphatic heterocycles. The predicted octanol–water partition coefficient (Wildman–Crippen LogP) is 1.14. The van der Waals surface area contributed by atoms with E-state index >= 15 is 0 Å². The Morgan fingerprint density at radius 1 is 1.54 bits per heavy atom. The predicted molar refractivity (Wildman–Crippen MR) is 47.6 cm³/mol. The van der Waals surface area contributed by atoms with E-state index in [0.717, 1.165) is 4.68 Å². The molecule has 0 saturated carbocycles. The number of carboxylic acid groups (broad SMARTS) is 1. The van der Waals surface area contributed by atoms with E-state index in [2.05, 4.69) is 5.10 Å². The van der Waals surface area contributed by atoms with Gasteiger partial charge in [0.15, 0.2) is 0 Å². The molecule has 0 amide bonds. The molecule has 1 aromatic heterocycles. The molecule has 66 valence electrons. The Morgan fingerprint density at radius 3 is 3.00 bits per heavy atom. The summed E-state index contributed by atoms with van der Waals surface area (Å²) in [4.78, 5) is 10.6. The minimum atomic E-state index is -1.11. The first kappa shape index (κ1) is 7.60. The van der Waals surface area contributed by atoms with E-state index in [1.165, 1.54) is 6.20 Å². The van der Waals surface area contributed by atoms with Gasteiger partial charge < -0.3 is 10.8 Å². The summed E-state index contributed by atoms with van der Waals surface area (Å²) >= 11 is 0. The molecular formula is C8H7N3O2. The highest BCUT2D eigenvalue weighted by molar-refractivity contribution is 5.94. The molecule has 5 heteroatoms. The van der Waals surface area contributed by atoms with E-state index in [1.807, 2.05) is 0 Å². The lowest BCUT2D eigenvalue weighted by Gasteiger charge is -1.96. The van der Waals surface area contributed by atoms with Crippen LogP contribution in [0.15, 0.2) is 24.4 Å². The van der Waals surface area contributed by atoms with Crippen molar-refractivity contribution < 1.29 is 9.90 Å². The number of rotatable bonds is 0. The Morgan fingerprint density at radius 2 is 2.31 bits per heavy atom. The average Bonchev–Trinajstić information content (AvgIpc) is 2.48. The van der Waals surface area contributed by atoms with Crippen molar-refractivity contribution in [2.24, 2.45) is 0 Å². The maximum absolute atomic E-state index is 10.6. The van der Waals surface area contributed by atoms with Gasteiger partial charge in [-0.2, -0.15) is 9.78 Å². The zero-order valence-corrected chi connectivity index (χ0v) is 6.64. The molecule has 0 fully saturated rings. The topological polar surface area (TPSA) is 81.1 Å². The molecule has 0 aliphatic rings. The van der Waals surface area contributed by atoms with Crippen LogP contribution < -0.4 is 5.73 Å². The van der Waals surface area contributed by atoms with E-state index in [4.69, 9.17) is 10.8 Å². The minimum Gasteiger partial charge on any atom is -0.463 e. The molecule has 3 N–H and O–H groups in total. The number of fused-ring (bicyclic) bond motifs is 1. The van der Waals surface area contributed by atoms with Gasteiger partial charge in [-0.15, -0.1) is 0 Å². The highest BCUT2D eigenvalue weighted by Gasteiger charge is 2.08. The van der Waals surface area contributed by atoms with Gasteiger partial charge in [0.2, 0.25) is 0 Å². The lowest BCUT2D eigenvalue weighted by atomic mass is 10.2. The van der Waals surface area contributed by atoms with Crippen molar-refractivity contribution in [3.05, 3.63) is 24.4 Å². The van der Waals surface area contributed by atoms with Crippen LogP contribution in [-0.2, 0) is 0 Å². The van der Waals surface area contributed by atoms with Crippen LogP contribution in [0.1, 0.15) is 0 Å². The summed E-state index contributed by atoms with van der Waals surface area (Å²) in [5.41, 5.74) is 6.66. The molecule has 0 atom stereocenters. The SMILES string of the molecule is Nc1cccc2c1cnn2C(=O)O. The van der Waals surface area contributed by atoms with Crippen LogP contribution in [0.3, 0.4) is 0 Å². The Hall–Kier alpha value is -2.04. The number of nitrogens with two attached hydrogens (primary N) is 1. The molecule has 0 unspecified atom stereocenters. The molecule has 0 saturated heterocycles. The van der Waals surface area contributed by atoms with Crippen molar-refractivity contribution >= 4 is 22.7 Å². The number of nitrogens with zero attached hydrogens (tertiary/aromatic N) is 2. The summed E-state index contributed by atoms with van der Waals surface area (Å²) in [6.07, 6.45) is 0.333. The maximum atomic E-state index is 10.6. The Bertz CT molecular complexity index is 475. The van der Waals surface area contributed by atoms with Gasteiger partial charge in [0.05, 0.1) is 11.7 Å². The maximum Gasteiger partial charge on any atom is 0.432 e. The molecule has 5 nitrogen and oxygen atoms in total. The lowest BCUT2D eigenvalue weighted by molar-refractivity contribution is 0.194. The number of anilines is 1. The van der Waals surface area contributed by atoms with Crippen LogP contribution in [-0.4, -0.2) is 21.0 Å². The first-order valence-electron chi connectivity index (χ1n) is 3.65. The summed E-state index contributed by atoms with van der Waals surface area (Å²) in [6.45, 7) is 0.